The monoisotopic (exact) mass is 284 g/mol. The molecule has 20 heavy (non-hydrogen) atoms. The Morgan fingerprint density at radius 2 is 1.95 bits per heavy atom. The fourth-order valence-corrected chi connectivity index (χ4v) is 2.87. The van der Waals surface area contributed by atoms with Gasteiger partial charge in [-0.25, -0.2) is 0 Å². The number of halogens is 3. The second kappa shape index (κ2) is 4.48. The lowest BCUT2D eigenvalue weighted by atomic mass is 9.98. The Morgan fingerprint density at radius 1 is 1.25 bits per heavy atom. The Morgan fingerprint density at radius 3 is 2.55 bits per heavy atom. The van der Waals surface area contributed by atoms with E-state index in [1.807, 2.05) is 0 Å². The van der Waals surface area contributed by atoms with E-state index >= 15 is 0 Å². The van der Waals surface area contributed by atoms with E-state index in [0.29, 0.717) is 5.56 Å². The molecule has 1 aromatic carbocycles. The molecular formula is C14H15F3N2O. The molecule has 1 saturated carbocycles. The lowest BCUT2D eigenvalue weighted by Crippen LogP contribution is -2.34. The molecule has 1 amide bonds. The van der Waals surface area contributed by atoms with E-state index in [1.54, 1.807) is 11.0 Å². The van der Waals surface area contributed by atoms with Gasteiger partial charge in [0.25, 0.3) is 0 Å². The number of hydrogen-bond acceptors (Lipinski definition) is 2. The zero-order chi connectivity index (χ0) is 14.5. The van der Waals surface area contributed by atoms with Crippen LogP contribution < -0.4 is 5.73 Å². The highest BCUT2D eigenvalue weighted by atomic mass is 19.4. The average Bonchev–Trinajstić information content (AvgIpc) is 3.14. The fourth-order valence-electron chi connectivity index (χ4n) is 2.87. The number of amides is 1. The third-order valence-electron chi connectivity index (χ3n) is 3.90. The molecule has 0 bridgehead atoms. The number of nitrogens with two attached hydrogens (primary N) is 1. The normalized spacial score (nSPS) is 27.2. The van der Waals surface area contributed by atoms with Gasteiger partial charge in [-0.2, -0.15) is 13.2 Å². The highest BCUT2D eigenvalue weighted by Gasteiger charge is 2.46. The standard InChI is InChI=1S/C14H15F3N2O/c15-14(16,17)9-3-1-2-8(6-9)13-11(18)7-12(20)19(13)10-4-5-10/h1-3,6,10-11,13H,4-5,7,18H2. The lowest BCUT2D eigenvalue weighted by Gasteiger charge is -2.27. The van der Waals surface area contributed by atoms with Crippen LogP contribution in [0, 0.1) is 0 Å². The zero-order valence-corrected chi connectivity index (χ0v) is 10.7. The predicted molar refractivity (Wildman–Crippen MR) is 66.6 cm³/mol. The number of benzene rings is 1. The first-order valence-electron chi connectivity index (χ1n) is 6.62. The van der Waals surface area contributed by atoms with Crippen molar-refractivity contribution in [3.8, 4) is 0 Å². The van der Waals surface area contributed by atoms with Gasteiger partial charge in [-0.05, 0) is 30.5 Å². The highest BCUT2D eigenvalue weighted by Crippen LogP contribution is 2.42. The van der Waals surface area contributed by atoms with Crippen LogP contribution in [0.5, 0.6) is 0 Å². The van der Waals surface area contributed by atoms with Crippen molar-refractivity contribution in [1.29, 1.82) is 0 Å². The minimum absolute atomic E-state index is 0.0533. The number of hydrogen-bond donors (Lipinski definition) is 1. The predicted octanol–water partition coefficient (Wildman–Crippen LogP) is 2.47. The maximum absolute atomic E-state index is 12.8. The molecular weight excluding hydrogens is 269 g/mol. The summed E-state index contributed by atoms with van der Waals surface area (Å²) < 4.78 is 38.4. The van der Waals surface area contributed by atoms with E-state index in [9.17, 15) is 18.0 Å². The Hall–Kier alpha value is -1.56. The van der Waals surface area contributed by atoms with Crippen LogP contribution in [0.15, 0.2) is 24.3 Å². The summed E-state index contributed by atoms with van der Waals surface area (Å²) in [6.07, 6.45) is -2.35. The topological polar surface area (TPSA) is 46.3 Å². The molecule has 1 saturated heterocycles. The van der Waals surface area contributed by atoms with Crippen LogP contribution in [-0.4, -0.2) is 22.9 Å². The Balaban J connectivity index is 1.96. The summed E-state index contributed by atoms with van der Waals surface area (Å²) in [6, 6.07) is 4.41. The minimum atomic E-state index is -4.38. The number of carbonyl (C=O) groups excluding carboxylic acids is 1. The minimum Gasteiger partial charge on any atom is -0.331 e. The number of alkyl halides is 3. The molecule has 1 aromatic rings. The molecule has 0 spiro atoms. The van der Waals surface area contributed by atoms with E-state index in [2.05, 4.69) is 0 Å². The molecule has 6 heteroatoms. The van der Waals surface area contributed by atoms with Crippen LogP contribution in [0.3, 0.4) is 0 Å². The maximum atomic E-state index is 12.8. The van der Waals surface area contributed by atoms with Gasteiger partial charge >= 0.3 is 6.18 Å². The van der Waals surface area contributed by atoms with E-state index in [1.165, 1.54) is 6.07 Å². The van der Waals surface area contributed by atoms with Crippen LogP contribution in [-0.2, 0) is 11.0 Å². The smallest absolute Gasteiger partial charge is 0.331 e. The van der Waals surface area contributed by atoms with Gasteiger partial charge in [0.15, 0.2) is 0 Å². The Kier molecular flexibility index (Phi) is 3.01. The second-order valence-corrected chi connectivity index (χ2v) is 5.47. The molecule has 1 aliphatic heterocycles. The Labute approximate surface area is 114 Å². The van der Waals surface area contributed by atoms with Gasteiger partial charge in [0, 0.05) is 18.5 Å². The van der Waals surface area contributed by atoms with Gasteiger partial charge in [-0.3, -0.25) is 4.79 Å². The number of nitrogens with zero attached hydrogens (tertiary/aromatic N) is 1. The molecule has 2 unspecified atom stereocenters. The second-order valence-electron chi connectivity index (χ2n) is 5.47. The average molecular weight is 284 g/mol. The summed E-state index contributed by atoms with van der Waals surface area (Å²) in [5.74, 6) is -0.0533. The quantitative estimate of drug-likeness (QED) is 0.907. The summed E-state index contributed by atoms with van der Waals surface area (Å²) in [5.41, 5.74) is 5.75. The van der Waals surface area contributed by atoms with Crippen molar-refractivity contribution in [2.45, 2.75) is 43.6 Å². The van der Waals surface area contributed by atoms with Crippen LogP contribution in [0.1, 0.15) is 36.4 Å². The highest BCUT2D eigenvalue weighted by molar-refractivity contribution is 5.81. The Bertz CT molecular complexity index is 539. The maximum Gasteiger partial charge on any atom is 0.416 e. The fraction of sp³-hybridized carbons (Fsp3) is 0.500. The van der Waals surface area contributed by atoms with Crippen molar-refractivity contribution < 1.29 is 18.0 Å². The first-order valence-corrected chi connectivity index (χ1v) is 6.62. The van der Waals surface area contributed by atoms with Crippen LogP contribution in [0.25, 0.3) is 0 Å². The SMILES string of the molecule is NC1CC(=O)N(C2CC2)C1c1cccc(C(F)(F)F)c1. The van der Waals surface area contributed by atoms with Crippen LogP contribution >= 0.6 is 0 Å². The molecule has 3 nitrogen and oxygen atoms in total. The molecule has 0 aromatic heterocycles. The molecule has 2 fully saturated rings. The molecule has 2 atom stereocenters. The van der Waals surface area contributed by atoms with Crippen molar-refractivity contribution in [3.05, 3.63) is 35.4 Å². The van der Waals surface area contributed by atoms with Gasteiger partial charge in [0.2, 0.25) is 5.91 Å². The molecule has 108 valence electrons. The first-order chi connectivity index (χ1) is 9.38. The van der Waals surface area contributed by atoms with Gasteiger partial charge < -0.3 is 10.6 Å². The summed E-state index contributed by atoms with van der Waals surface area (Å²) in [5, 5.41) is 0. The summed E-state index contributed by atoms with van der Waals surface area (Å²) in [4.78, 5) is 13.6. The van der Waals surface area contributed by atoms with Crippen molar-refractivity contribution in [2.24, 2.45) is 5.73 Å². The van der Waals surface area contributed by atoms with Crippen molar-refractivity contribution in [3.63, 3.8) is 0 Å². The molecule has 0 radical (unpaired) electrons. The van der Waals surface area contributed by atoms with Gasteiger partial charge in [0.05, 0.1) is 11.6 Å². The van der Waals surface area contributed by atoms with Crippen LogP contribution in [0.2, 0.25) is 0 Å². The molecule has 2 aliphatic rings. The number of rotatable bonds is 2. The molecule has 1 aliphatic carbocycles. The number of carbonyl (C=O) groups is 1. The molecule has 3 rings (SSSR count). The summed E-state index contributed by atoms with van der Waals surface area (Å²) >= 11 is 0. The lowest BCUT2D eigenvalue weighted by molar-refractivity contribution is -0.137. The van der Waals surface area contributed by atoms with Crippen molar-refractivity contribution in [2.75, 3.05) is 0 Å². The van der Waals surface area contributed by atoms with Crippen molar-refractivity contribution in [1.82, 2.24) is 4.90 Å². The molecule has 1 heterocycles. The third kappa shape index (κ3) is 2.28. The zero-order valence-electron chi connectivity index (χ0n) is 10.7. The van der Waals surface area contributed by atoms with E-state index < -0.39 is 23.8 Å². The van der Waals surface area contributed by atoms with Gasteiger partial charge in [-0.15, -0.1) is 0 Å². The van der Waals surface area contributed by atoms with Gasteiger partial charge in [-0.1, -0.05) is 12.1 Å². The third-order valence-corrected chi connectivity index (χ3v) is 3.90. The van der Waals surface area contributed by atoms with Crippen molar-refractivity contribution >= 4 is 5.91 Å². The largest absolute Gasteiger partial charge is 0.416 e. The summed E-state index contributed by atoms with van der Waals surface area (Å²) in [6.45, 7) is 0. The number of likely N-dealkylation sites (tertiary alicyclic amines) is 1. The summed E-state index contributed by atoms with van der Waals surface area (Å²) in [7, 11) is 0. The van der Waals surface area contributed by atoms with E-state index in [4.69, 9.17) is 5.73 Å². The first kappa shape index (κ1) is 13.4. The van der Waals surface area contributed by atoms with E-state index in [0.717, 1.165) is 25.0 Å². The van der Waals surface area contributed by atoms with Gasteiger partial charge in [0.1, 0.15) is 0 Å². The van der Waals surface area contributed by atoms with E-state index in [-0.39, 0.29) is 18.4 Å². The van der Waals surface area contributed by atoms with Crippen LogP contribution in [0.4, 0.5) is 13.2 Å². The molecule has 2 N–H and O–H groups in total.